The third-order valence-electron chi connectivity index (χ3n) is 4.97. The number of fused-ring (bicyclic) bond motifs is 2. The van der Waals surface area contributed by atoms with Crippen molar-refractivity contribution in [2.24, 2.45) is 0 Å². The molecule has 0 radical (unpaired) electrons. The zero-order valence-electron chi connectivity index (χ0n) is 15.5. The molecule has 148 valence electrons. The van der Waals surface area contributed by atoms with Gasteiger partial charge in [-0.2, -0.15) is 9.29 Å². The summed E-state index contributed by atoms with van der Waals surface area (Å²) in [6.07, 6.45) is 0. The number of morpholine rings is 1. The van der Waals surface area contributed by atoms with Crippen molar-refractivity contribution in [2.75, 3.05) is 31.6 Å². The van der Waals surface area contributed by atoms with Gasteiger partial charge in [0.1, 0.15) is 5.52 Å². The molecule has 1 saturated heterocycles. The van der Waals surface area contributed by atoms with Crippen LogP contribution >= 0.6 is 0 Å². The van der Waals surface area contributed by atoms with E-state index in [0.717, 1.165) is 16.5 Å². The number of ether oxygens (including phenoxy) is 1. The van der Waals surface area contributed by atoms with E-state index in [1.165, 1.54) is 4.31 Å². The fourth-order valence-electron chi connectivity index (χ4n) is 3.45. The number of nitrogens with zero attached hydrogens (tertiary/aromatic N) is 2. The molecular formula is C21H19N3O4S. The summed E-state index contributed by atoms with van der Waals surface area (Å²) in [4.78, 5) is 4.63. The lowest BCUT2D eigenvalue weighted by Crippen LogP contribution is -2.40. The van der Waals surface area contributed by atoms with Gasteiger partial charge in [-0.1, -0.05) is 30.3 Å². The maximum atomic E-state index is 12.8. The average Bonchev–Trinajstić information content (AvgIpc) is 3.15. The van der Waals surface area contributed by atoms with Gasteiger partial charge < -0.3 is 14.5 Å². The normalized spacial score (nSPS) is 15.7. The molecule has 1 fully saturated rings. The predicted octanol–water partition coefficient (Wildman–Crippen LogP) is 3.75. The fraction of sp³-hybridized carbons (Fsp3) is 0.190. The SMILES string of the molecule is O=S(=O)(c1ccc2oc(Nc3ccc4ccccc4c3)nc2c1)N1CCOCC1. The monoisotopic (exact) mass is 409 g/mol. The number of hydrogen-bond acceptors (Lipinski definition) is 6. The molecule has 1 aliphatic rings. The number of anilines is 2. The van der Waals surface area contributed by atoms with Crippen LogP contribution in [0.3, 0.4) is 0 Å². The Morgan fingerprint density at radius 3 is 2.55 bits per heavy atom. The van der Waals surface area contributed by atoms with Crippen molar-refractivity contribution < 1.29 is 17.6 Å². The quantitative estimate of drug-likeness (QED) is 0.553. The molecular weight excluding hydrogens is 390 g/mol. The van der Waals surface area contributed by atoms with Crippen molar-refractivity contribution in [3.8, 4) is 0 Å². The maximum Gasteiger partial charge on any atom is 0.300 e. The Morgan fingerprint density at radius 1 is 0.931 bits per heavy atom. The van der Waals surface area contributed by atoms with Crippen LogP contribution in [0.15, 0.2) is 70.0 Å². The molecule has 29 heavy (non-hydrogen) atoms. The van der Waals surface area contributed by atoms with E-state index in [0.29, 0.717) is 43.4 Å². The minimum Gasteiger partial charge on any atom is -0.423 e. The second-order valence-corrected chi connectivity index (χ2v) is 8.79. The molecule has 0 aliphatic carbocycles. The summed E-state index contributed by atoms with van der Waals surface area (Å²) < 4.78 is 38.1. The number of aromatic nitrogens is 1. The molecule has 0 bridgehead atoms. The Morgan fingerprint density at radius 2 is 1.72 bits per heavy atom. The van der Waals surface area contributed by atoms with E-state index in [9.17, 15) is 8.42 Å². The molecule has 0 saturated carbocycles. The summed E-state index contributed by atoms with van der Waals surface area (Å²) in [5, 5.41) is 5.40. The molecule has 1 aliphatic heterocycles. The lowest BCUT2D eigenvalue weighted by atomic mass is 10.1. The van der Waals surface area contributed by atoms with Gasteiger partial charge in [-0.25, -0.2) is 8.42 Å². The summed E-state index contributed by atoms with van der Waals surface area (Å²) in [5.41, 5.74) is 1.85. The smallest absolute Gasteiger partial charge is 0.300 e. The Balaban J connectivity index is 1.44. The standard InChI is InChI=1S/C21H19N3O4S/c25-29(26,24-9-11-27-12-10-24)18-7-8-20-19(14-18)23-21(28-20)22-17-6-5-15-3-1-2-4-16(15)13-17/h1-8,13-14H,9-12H2,(H,22,23). The number of nitrogens with one attached hydrogen (secondary N) is 1. The van der Waals surface area contributed by atoms with Crippen molar-refractivity contribution in [1.82, 2.24) is 9.29 Å². The van der Waals surface area contributed by atoms with Crippen molar-refractivity contribution in [3.63, 3.8) is 0 Å². The summed E-state index contributed by atoms with van der Waals surface area (Å²) in [6, 6.07) is 19.1. The van der Waals surface area contributed by atoms with Crippen LogP contribution in [0, 0.1) is 0 Å². The van der Waals surface area contributed by atoms with E-state index >= 15 is 0 Å². The van der Waals surface area contributed by atoms with Gasteiger partial charge in [0.15, 0.2) is 5.58 Å². The summed E-state index contributed by atoms with van der Waals surface area (Å²) >= 11 is 0. The van der Waals surface area contributed by atoms with Crippen LogP contribution in [0.25, 0.3) is 21.9 Å². The maximum absolute atomic E-state index is 12.8. The molecule has 0 unspecified atom stereocenters. The first-order valence-corrected chi connectivity index (χ1v) is 10.8. The van der Waals surface area contributed by atoms with E-state index in [1.54, 1.807) is 18.2 Å². The van der Waals surface area contributed by atoms with E-state index in [2.05, 4.69) is 16.4 Å². The van der Waals surface area contributed by atoms with E-state index in [-0.39, 0.29) is 4.90 Å². The molecule has 7 nitrogen and oxygen atoms in total. The second-order valence-electron chi connectivity index (χ2n) is 6.85. The molecule has 0 amide bonds. The highest BCUT2D eigenvalue weighted by Gasteiger charge is 2.27. The summed E-state index contributed by atoms with van der Waals surface area (Å²) in [7, 11) is -3.58. The lowest BCUT2D eigenvalue weighted by molar-refractivity contribution is 0.0730. The van der Waals surface area contributed by atoms with Crippen LogP contribution < -0.4 is 5.32 Å². The van der Waals surface area contributed by atoms with Crippen molar-refractivity contribution in [1.29, 1.82) is 0 Å². The minimum absolute atomic E-state index is 0.206. The lowest BCUT2D eigenvalue weighted by Gasteiger charge is -2.25. The highest BCUT2D eigenvalue weighted by Crippen LogP contribution is 2.27. The summed E-state index contributed by atoms with van der Waals surface area (Å²) in [6.45, 7) is 1.53. The molecule has 1 aromatic heterocycles. The Bertz CT molecular complexity index is 1290. The molecule has 4 aromatic rings. The van der Waals surface area contributed by atoms with Crippen molar-refractivity contribution in [3.05, 3.63) is 60.7 Å². The van der Waals surface area contributed by atoms with Crippen LogP contribution in [-0.4, -0.2) is 44.0 Å². The van der Waals surface area contributed by atoms with Gasteiger partial charge in [-0.05, 0) is 41.1 Å². The van der Waals surface area contributed by atoms with Gasteiger partial charge in [0.05, 0.1) is 18.1 Å². The van der Waals surface area contributed by atoms with E-state index < -0.39 is 10.0 Å². The Hall–Kier alpha value is -2.94. The van der Waals surface area contributed by atoms with Gasteiger partial charge in [0, 0.05) is 18.8 Å². The van der Waals surface area contributed by atoms with Gasteiger partial charge in [0.25, 0.3) is 6.01 Å². The first-order valence-electron chi connectivity index (χ1n) is 9.34. The third-order valence-corrected chi connectivity index (χ3v) is 6.86. The number of rotatable bonds is 4. The largest absolute Gasteiger partial charge is 0.423 e. The van der Waals surface area contributed by atoms with Gasteiger partial charge in [0.2, 0.25) is 10.0 Å². The first-order chi connectivity index (χ1) is 14.1. The van der Waals surface area contributed by atoms with Crippen LogP contribution in [0.2, 0.25) is 0 Å². The number of hydrogen-bond donors (Lipinski definition) is 1. The van der Waals surface area contributed by atoms with Gasteiger partial charge in [-0.15, -0.1) is 0 Å². The van der Waals surface area contributed by atoms with E-state index in [1.807, 2.05) is 36.4 Å². The predicted molar refractivity (Wildman–Crippen MR) is 111 cm³/mol. The Kier molecular flexibility index (Phi) is 4.46. The van der Waals surface area contributed by atoms with Gasteiger partial charge in [-0.3, -0.25) is 0 Å². The first kappa shape index (κ1) is 18.1. The number of sulfonamides is 1. The van der Waals surface area contributed by atoms with Crippen LogP contribution in [0.1, 0.15) is 0 Å². The average molecular weight is 409 g/mol. The van der Waals surface area contributed by atoms with Crippen LogP contribution in [0.5, 0.6) is 0 Å². The van der Waals surface area contributed by atoms with Crippen molar-refractivity contribution in [2.45, 2.75) is 4.90 Å². The Labute approximate surface area is 168 Å². The highest BCUT2D eigenvalue weighted by molar-refractivity contribution is 7.89. The van der Waals surface area contributed by atoms with Crippen LogP contribution in [0.4, 0.5) is 11.7 Å². The topological polar surface area (TPSA) is 84.7 Å². The molecule has 2 heterocycles. The number of oxazole rings is 1. The molecule has 8 heteroatoms. The second kappa shape index (κ2) is 7.14. The molecule has 1 N–H and O–H groups in total. The van der Waals surface area contributed by atoms with E-state index in [4.69, 9.17) is 9.15 Å². The molecule has 5 rings (SSSR count). The van der Waals surface area contributed by atoms with Gasteiger partial charge >= 0.3 is 0 Å². The zero-order chi connectivity index (χ0) is 19.8. The molecule has 0 spiro atoms. The number of benzene rings is 3. The highest BCUT2D eigenvalue weighted by atomic mass is 32.2. The fourth-order valence-corrected chi connectivity index (χ4v) is 4.88. The van der Waals surface area contributed by atoms with Crippen molar-refractivity contribution >= 4 is 43.6 Å². The summed E-state index contributed by atoms with van der Waals surface area (Å²) in [5.74, 6) is 0. The molecule has 3 aromatic carbocycles. The third kappa shape index (κ3) is 3.46. The molecule has 0 atom stereocenters. The minimum atomic E-state index is -3.58. The zero-order valence-corrected chi connectivity index (χ0v) is 16.4. The van der Waals surface area contributed by atoms with Crippen LogP contribution in [-0.2, 0) is 14.8 Å².